The van der Waals surface area contributed by atoms with Gasteiger partial charge in [0.1, 0.15) is 0 Å². The third-order valence-electron chi connectivity index (χ3n) is 5.71. The molecule has 1 saturated heterocycles. The van der Waals surface area contributed by atoms with Crippen LogP contribution in [0.1, 0.15) is 64.2 Å². The fourth-order valence-electron chi connectivity index (χ4n) is 3.86. The number of hydrogen-bond donors (Lipinski definition) is 0. The van der Waals surface area contributed by atoms with Crippen molar-refractivity contribution in [2.45, 2.75) is 65.5 Å². The van der Waals surface area contributed by atoms with Crippen LogP contribution in [0.5, 0.6) is 0 Å². The standard InChI is InChI=1S/C21H35N3O/c1-16(2)19-15-23(11-6-10-22(19)13-17-7-8-17)20(25)18-9-12-24(14-18)21(3,4)5/h9,12,14,16-17,19H,6-8,10-11,13,15H2,1-5H3. The molecule has 25 heavy (non-hydrogen) atoms. The predicted molar refractivity (Wildman–Crippen MR) is 103 cm³/mol. The normalized spacial score (nSPS) is 23.1. The summed E-state index contributed by atoms with van der Waals surface area (Å²) in [7, 11) is 0. The molecule has 4 heteroatoms. The van der Waals surface area contributed by atoms with Gasteiger partial charge in [-0.2, -0.15) is 0 Å². The Kier molecular flexibility index (Phi) is 5.29. The summed E-state index contributed by atoms with van der Waals surface area (Å²) in [4.78, 5) is 17.9. The molecule has 1 unspecified atom stereocenters. The molecular weight excluding hydrogens is 310 g/mol. The largest absolute Gasteiger partial charge is 0.348 e. The average molecular weight is 346 g/mol. The van der Waals surface area contributed by atoms with E-state index in [2.05, 4.69) is 49.0 Å². The molecule has 0 spiro atoms. The molecule has 1 atom stereocenters. The van der Waals surface area contributed by atoms with Gasteiger partial charge < -0.3 is 9.47 Å². The second-order valence-electron chi connectivity index (χ2n) is 9.33. The lowest BCUT2D eigenvalue weighted by molar-refractivity contribution is 0.0704. The fourth-order valence-corrected chi connectivity index (χ4v) is 3.86. The Balaban J connectivity index is 1.72. The zero-order valence-electron chi connectivity index (χ0n) is 16.7. The van der Waals surface area contributed by atoms with Crippen molar-refractivity contribution in [1.29, 1.82) is 0 Å². The molecule has 4 nitrogen and oxygen atoms in total. The zero-order valence-corrected chi connectivity index (χ0v) is 16.7. The second-order valence-corrected chi connectivity index (χ2v) is 9.33. The smallest absolute Gasteiger partial charge is 0.255 e. The van der Waals surface area contributed by atoms with Crippen molar-refractivity contribution in [3.05, 3.63) is 24.0 Å². The van der Waals surface area contributed by atoms with Crippen LogP contribution in [0.25, 0.3) is 0 Å². The third kappa shape index (κ3) is 4.46. The first kappa shape index (κ1) is 18.5. The summed E-state index contributed by atoms with van der Waals surface area (Å²) in [6.45, 7) is 15.2. The van der Waals surface area contributed by atoms with Crippen molar-refractivity contribution < 1.29 is 4.79 Å². The van der Waals surface area contributed by atoms with Crippen molar-refractivity contribution in [2.75, 3.05) is 26.2 Å². The van der Waals surface area contributed by atoms with Crippen LogP contribution in [0.15, 0.2) is 18.5 Å². The van der Waals surface area contributed by atoms with Crippen molar-refractivity contribution in [3.8, 4) is 0 Å². The Morgan fingerprint density at radius 1 is 1.24 bits per heavy atom. The van der Waals surface area contributed by atoms with Gasteiger partial charge in [0.05, 0.1) is 5.56 Å². The highest BCUT2D eigenvalue weighted by Gasteiger charge is 2.33. The Morgan fingerprint density at radius 2 is 1.96 bits per heavy atom. The molecule has 3 rings (SSSR count). The van der Waals surface area contributed by atoms with Gasteiger partial charge in [-0.1, -0.05) is 13.8 Å². The topological polar surface area (TPSA) is 28.5 Å². The van der Waals surface area contributed by atoms with Gasteiger partial charge in [0.15, 0.2) is 0 Å². The van der Waals surface area contributed by atoms with Crippen LogP contribution in [0.3, 0.4) is 0 Å². The summed E-state index contributed by atoms with van der Waals surface area (Å²) in [5, 5.41) is 0. The number of rotatable bonds is 4. The van der Waals surface area contributed by atoms with E-state index in [9.17, 15) is 4.79 Å². The van der Waals surface area contributed by atoms with E-state index in [-0.39, 0.29) is 11.4 Å². The second kappa shape index (κ2) is 7.14. The van der Waals surface area contributed by atoms with Crippen LogP contribution in [0, 0.1) is 11.8 Å². The first-order chi connectivity index (χ1) is 11.8. The Hall–Kier alpha value is -1.29. The monoisotopic (exact) mass is 345 g/mol. The highest BCUT2D eigenvalue weighted by atomic mass is 16.2. The summed E-state index contributed by atoms with van der Waals surface area (Å²) in [6, 6.07) is 2.46. The molecule has 0 N–H and O–H groups in total. The quantitative estimate of drug-likeness (QED) is 0.830. The molecule has 0 bridgehead atoms. The van der Waals surface area contributed by atoms with Gasteiger partial charge in [0, 0.05) is 50.2 Å². The van der Waals surface area contributed by atoms with Crippen molar-refractivity contribution >= 4 is 5.91 Å². The van der Waals surface area contributed by atoms with Gasteiger partial charge in [-0.3, -0.25) is 9.69 Å². The minimum atomic E-state index is 0.0127. The molecule has 2 aliphatic rings. The van der Waals surface area contributed by atoms with E-state index in [4.69, 9.17) is 0 Å². The maximum absolute atomic E-state index is 13.1. The minimum Gasteiger partial charge on any atom is -0.348 e. The maximum Gasteiger partial charge on any atom is 0.255 e. The molecule has 1 aromatic rings. The average Bonchev–Trinajstić information content (AvgIpc) is 3.24. The number of nitrogens with zero attached hydrogens (tertiary/aromatic N) is 3. The van der Waals surface area contributed by atoms with Crippen molar-refractivity contribution in [3.63, 3.8) is 0 Å². The van der Waals surface area contributed by atoms with Gasteiger partial charge in [-0.05, 0) is 57.9 Å². The lowest BCUT2D eigenvalue weighted by Gasteiger charge is -2.34. The highest BCUT2D eigenvalue weighted by Crippen LogP contribution is 2.32. The molecule has 2 heterocycles. The van der Waals surface area contributed by atoms with E-state index >= 15 is 0 Å². The number of carbonyl (C=O) groups is 1. The Labute approximate surface area is 153 Å². The van der Waals surface area contributed by atoms with Crippen LogP contribution >= 0.6 is 0 Å². The van der Waals surface area contributed by atoms with E-state index in [1.807, 2.05) is 18.5 Å². The Bertz CT molecular complexity index is 595. The molecule has 140 valence electrons. The number of aromatic nitrogens is 1. The number of carbonyl (C=O) groups excluding carboxylic acids is 1. The van der Waals surface area contributed by atoms with E-state index in [0.717, 1.165) is 37.5 Å². The Morgan fingerprint density at radius 3 is 2.52 bits per heavy atom. The van der Waals surface area contributed by atoms with Crippen LogP contribution in [-0.4, -0.2) is 52.5 Å². The number of hydrogen-bond acceptors (Lipinski definition) is 2. The first-order valence-electron chi connectivity index (χ1n) is 9.97. The van der Waals surface area contributed by atoms with Crippen molar-refractivity contribution in [1.82, 2.24) is 14.4 Å². The molecule has 1 saturated carbocycles. The van der Waals surface area contributed by atoms with Crippen LogP contribution in [-0.2, 0) is 5.54 Å². The van der Waals surface area contributed by atoms with E-state index in [1.54, 1.807) is 0 Å². The highest BCUT2D eigenvalue weighted by molar-refractivity contribution is 5.94. The van der Waals surface area contributed by atoms with Gasteiger partial charge in [-0.15, -0.1) is 0 Å². The lowest BCUT2D eigenvalue weighted by Crippen LogP contribution is -2.46. The molecule has 2 fully saturated rings. The maximum atomic E-state index is 13.1. The van der Waals surface area contributed by atoms with Crippen LogP contribution in [0.4, 0.5) is 0 Å². The molecule has 0 radical (unpaired) electrons. The van der Waals surface area contributed by atoms with Gasteiger partial charge in [0.2, 0.25) is 0 Å². The summed E-state index contributed by atoms with van der Waals surface area (Å²) >= 11 is 0. The van der Waals surface area contributed by atoms with E-state index in [0.29, 0.717) is 12.0 Å². The van der Waals surface area contributed by atoms with Crippen molar-refractivity contribution in [2.24, 2.45) is 11.8 Å². The first-order valence-corrected chi connectivity index (χ1v) is 9.97. The molecule has 1 aromatic heterocycles. The third-order valence-corrected chi connectivity index (χ3v) is 5.71. The minimum absolute atomic E-state index is 0.0127. The van der Waals surface area contributed by atoms with Gasteiger partial charge >= 0.3 is 0 Å². The van der Waals surface area contributed by atoms with Gasteiger partial charge in [0.25, 0.3) is 5.91 Å². The summed E-state index contributed by atoms with van der Waals surface area (Å²) < 4.78 is 2.14. The molecule has 1 amide bonds. The van der Waals surface area contributed by atoms with E-state index in [1.165, 1.54) is 19.4 Å². The molecule has 1 aliphatic carbocycles. The zero-order chi connectivity index (χ0) is 18.2. The SMILES string of the molecule is CC(C)C1CN(C(=O)c2ccn(C(C)(C)C)c2)CCCN1CC1CC1. The molecule has 0 aromatic carbocycles. The fraction of sp³-hybridized carbons (Fsp3) is 0.762. The molecular formula is C21H35N3O. The molecule has 1 aliphatic heterocycles. The predicted octanol–water partition coefficient (Wildman–Crippen LogP) is 3.83. The summed E-state index contributed by atoms with van der Waals surface area (Å²) in [6.07, 6.45) is 7.92. The van der Waals surface area contributed by atoms with Crippen LogP contribution < -0.4 is 0 Å². The summed E-state index contributed by atoms with van der Waals surface area (Å²) in [5.41, 5.74) is 0.840. The van der Waals surface area contributed by atoms with Crippen LogP contribution in [0.2, 0.25) is 0 Å². The van der Waals surface area contributed by atoms with E-state index < -0.39 is 0 Å². The lowest BCUT2D eigenvalue weighted by atomic mass is 10.0. The summed E-state index contributed by atoms with van der Waals surface area (Å²) in [5.74, 6) is 1.68. The van der Waals surface area contributed by atoms with Gasteiger partial charge in [-0.25, -0.2) is 0 Å². The number of amides is 1.